The van der Waals surface area contributed by atoms with Crippen LogP contribution in [-0.2, 0) is 4.79 Å². The number of hydrogen-bond acceptors (Lipinski definition) is 3. The van der Waals surface area contributed by atoms with Crippen LogP contribution in [0, 0.1) is 13.8 Å². The van der Waals surface area contributed by atoms with Crippen LogP contribution >= 0.6 is 0 Å². The fourth-order valence-corrected chi connectivity index (χ4v) is 1.98. The van der Waals surface area contributed by atoms with Crippen molar-refractivity contribution in [2.24, 2.45) is 0 Å². The predicted molar refractivity (Wildman–Crippen MR) is 87.7 cm³/mol. The number of benzene rings is 2. The average Bonchev–Trinajstić information content (AvgIpc) is 2.49. The molecule has 0 aliphatic carbocycles. The lowest BCUT2D eigenvalue weighted by molar-refractivity contribution is -0.118. The van der Waals surface area contributed by atoms with E-state index in [1.807, 2.05) is 57.2 Å². The van der Waals surface area contributed by atoms with E-state index in [2.05, 4.69) is 5.32 Å². The molecule has 4 heteroatoms. The number of ether oxygens (including phenoxy) is 2. The highest BCUT2D eigenvalue weighted by Gasteiger charge is 2.05. The average molecular weight is 299 g/mol. The quantitative estimate of drug-likeness (QED) is 0.884. The van der Waals surface area contributed by atoms with Crippen LogP contribution in [0.3, 0.4) is 0 Å². The molecule has 0 aliphatic heterocycles. The molecule has 22 heavy (non-hydrogen) atoms. The largest absolute Gasteiger partial charge is 0.494 e. The summed E-state index contributed by atoms with van der Waals surface area (Å²) < 4.78 is 10.9. The zero-order valence-corrected chi connectivity index (χ0v) is 13.2. The maximum atomic E-state index is 11.9. The molecule has 0 aliphatic rings. The van der Waals surface area contributed by atoms with Gasteiger partial charge in [0.15, 0.2) is 6.61 Å². The molecule has 0 saturated carbocycles. The Balaban J connectivity index is 1.90. The second-order valence-electron chi connectivity index (χ2n) is 5.04. The first-order chi connectivity index (χ1) is 10.6. The molecule has 1 amide bonds. The molecule has 0 radical (unpaired) electrons. The van der Waals surface area contributed by atoms with Gasteiger partial charge >= 0.3 is 0 Å². The highest BCUT2D eigenvalue weighted by atomic mass is 16.5. The van der Waals surface area contributed by atoms with Crippen molar-refractivity contribution in [2.75, 3.05) is 18.5 Å². The van der Waals surface area contributed by atoms with Gasteiger partial charge in [-0.2, -0.15) is 0 Å². The highest BCUT2D eigenvalue weighted by molar-refractivity contribution is 5.92. The molecule has 2 aromatic carbocycles. The van der Waals surface area contributed by atoms with Gasteiger partial charge in [0.1, 0.15) is 11.5 Å². The van der Waals surface area contributed by atoms with Gasteiger partial charge in [0.2, 0.25) is 0 Å². The van der Waals surface area contributed by atoms with Crippen molar-refractivity contribution in [2.45, 2.75) is 20.8 Å². The summed E-state index contributed by atoms with van der Waals surface area (Å²) in [6.45, 7) is 6.54. The molecule has 0 unspecified atom stereocenters. The number of anilines is 1. The van der Waals surface area contributed by atoms with E-state index in [0.717, 1.165) is 11.3 Å². The number of carbonyl (C=O) groups is 1. The molecule has 0 spiro atoms. The van der Waals surface area contributed by atoms with Gasteiger partial charge in [-0.15, -0.1) is 0 Å². The van der Waals surface area contributed by atoms with E-state index in [1.54, 1.807) is 6.07 Å². The van der Waals surface area contributed by atoms with Gasteiger partial charge < -0.3 is 14.8 Å². The van der Waals surface area contributed by atoms with Crippen LogP contribution in [0.25, 0.3) is 0 Å². The molecule has 4 nitrogen and oxygen atoms in total. The fourth-order valence-electron chi connectivity index (χ4n) is 1.98. The van der Waals surface area contributed by atoms with Crippen molar-refractivity contribution in [3.63, 3.8) is 0 Å². The predicted octanol–water partition coefficient (Wildman–Crippen LogP) is 3.72. The smallest absolute Gasteiger partial charge is 0.262 e. The molecule has 116 valence electrons. The van der Waals surface area contributed by atoms with Crippen molar-refractivity contribution >= 4 is 11.6 Å². The van der Waals surface area contributed by atoms with Crippen LogP contribution in [0.15, 0.2) is 42.5 Å². The summed E-state index contributed by atoms with van der Waals surface area (Å²) in [5.41, 5.74) is 3.03. The molecular weight excluding hydrogens is 278 g/mol. The Hall–Kier alpha value is -2.49. The van der Waals surface area contributed by atoms with Gasteiger partial charge in [-0.25, -0.2) is 0 Å². The molecule has 0 bridgehead atoms. The van der Waals surface area contributed by atoms with Crippen LogP contribution in [0.4, 0.5) is 5.69 Å². The minimum absolute atomic E-state index is 0.0264. The molecule has 0 heterocycles. The zero-order valence-electron chi connectivity index (χ0n) is 13.2. The summed E-state index contributed by atoms with van der Waals surface area (Å²) in [7, 11) is 0. The monoisotopic (exact) mass is 299 g/mol. The maximum absolute atomic E-state index is 11.9. The van der Waals surface area contributed by atoms with E-state index < -0.39 is 0 Å². The van der Waals surface area contributed by atoms with Crippen LogP contribution in [0.5, 0.6) is 11.5 Å². The van der Waals surface area contributed by atoms with Gasteiger partial charge in [0.05, 0.1) is 6.61 Å². The minimum atomic E-state index is -0.202. The fraction of sp³-hybridized carbons (Fsp3) is 0.278. The van der Waals surface area contributed by atoms with Gasteiger partial charge in [-0.3, -0.25) is 4.79 Å². The number of hydrogen-bond donors (Lipinski definition) is 1. The molecule has 0 saturated heterocycles. The van der Waals surface area contributed by atoms with E-state index in [4.69, 9.17) is 9.47 Å². The van der Waals surface area contributed by atoms with Crippen molar-refractivity contribution < 1.29 is 14.3 Å². The lowest BCUT2D eigenvalue weighted by Crippen LogP contribution is -2.20. The van der Waals surface area contributed by atoms with E-state index >= 15 is 0 Å². The number of amides is 1. The topological polar surface area (TPSA) is 47.6 Å². The maximum Gasteiger partial charge on any atom is 0.262 e. The van der Waals surface area contributed by atoms with Crippen molar-refractivity contribution in [1.29, 1.82) is 0 Å². The Kier molecular flexibility index (Phi) is 5.42. The van der Waals surface area contributed by atoms with Crippen LogP contribution in [0.2, 0.25) is 0 Å². The lowest BCUT2D eigenvalue weighted by atomic mass is 10.1. The van der Waals surface area contributed by atoms with Gasteiger partial charge in [-0.05, 0) is 56.2 Å². The van der Waals surface area contributed by atoms with Gasteiger partial charge in [0.25, 0.3) is 5.91 Å². The standard InChI is InChI=1S/C18H21NO3/c1-4-21-16-7-5-6-15(11-16)19-18(20)12-22-17-9-8-13(2)14(3)10-17/h5-11H,4,12H2,1-3H3,(H,19,20). The Morgan fingerprint density at radius 2 is 1.77 bits per heavy atom. The summed E-state index contributed by atoms with van der Waals surface area (Å²) in [5, 5.41) is 2.79. The van der Waals surface area contributed by atoms with Crippen LogP contribution in [-0.4, -0.2) is 19.1 Å². The summed E-state index contributed by atoms with van der Waals surface area (Å²) in [4.78, 5) is 11.9. The lowest BCUT2D eigenvalue weighted by Gasteiger charge is -2.10. The van der Waals surface area contributed by atoms with Crippen molar-refractivity contribution in [3.8, 4) is 11.5 Å². The zero-order chi connectivity index (χ0) is 15.9. The van der Waals surface area contributed by atoms with Crippen LogP contribution < -0.4 is 14.8 Å². The van der Waals surface area contributed by atoms with E-state index in [-0.39, 0.29) is 12.5 Å². The van der Waals surface area contributed by atoms with Crippen molar-refractivity contribution in [1.82, 2.24) is 0 Å². The number of aryl methyl sites for hydroxylation is 2. The third-order valence-corrected chi connectivity index (χ3v) is 3.28. The number of rotatable bonds is 6. The first kappa shape index (κ1) is 15.9. The Bertz CT molecular complexity index is 653. The molecule has 1 N–H and O–H groups in total. The van der Waals surface area contributed by atoms with Gasteiger partial charge in [0, 0.05) is 11.8 Å². The van der Waals surface area contributed by atoms with E-state index in [1.165, 1.54) is 5.56 Å². The summed E-state index contributed by atoms with van der Waals surface area (Å²) in [6, 6.07) is 13.1. The Morgan fingerprint density at radius 1 is 1.00 bits per heavy atom. The second kappa shape index (κ2) is 7.50. The first-order valence-corrected chi connectivity index (χ1v) is 7.31. The second-order valence-corrected chi connectivity index (χ2v) is 5.04. The minimum Gasteiger partial charge on any atom is -0.494 e. The third-order valence-electron chi connectivity index (χ3n) is 3.28. The SMILES string of the molecule is CCOc1cccc(NC(=O)COc2ccc(C)c(C)c2)c1. The molecule has 2 rings (SSSR count). The van der Waals surface area contributed by atoms with Gasteiger partial charge in [-0.1, -0.05) is 12.1 Å². The molecule has 0 aromatic heterocycles. The van der Waals surface area contributed by atoms with E-state index in [0.29, 0.717) is 18.0 Å². The summed E-state index contributed by atoms with van der Waals surface area (Å²) >= 11 is 0. The molecular formula is C18H21NO3. The van der Waals surface area contributed by atoms with E-state index in [9.17, 15) is 4.79 Å². The number of nitrogens with one attached hydrogen (secondary N) is 1. The molecule has 0 fully saturated rings. The normalized spacial score (nSPS) is 10.1. The highest BCUT2D eigenvalue weighted by Crippen LogP contribution is 2.18. The first-order valence-electron chi connectivity index (χ1n) is 7.31. The Labute approximate surface area is 131 Å². The van der Waals surface area contributed by atoms with Crippen LogP contribution in [0.1, 0.15) is 18.1 Å². The third kappa shape index (κ3) is 4.52. The summed E-state index contributed by atoms with van der Waals surface area (Å²) in [6.07, 6.45) is 0. The van der Waals surface area contributed by atoms with Crippen molar-refractivity contribution in [3.05, 3.63) is 53.6 Å². The molecule has 0 atom stereocenters. The number of carbonyl (C=O) groups excluding carboxylic acids is 1. The Morgan fingerprint density at radius 3 is 2.50 bits per heavy atom. The molecule has 2 aromatic rings. The summed E-state index contributed by atoms with van der Waals surface area (Å²) in [5.74, 6) is 1.23.